The molecule has 1 N–H and O–H groups in total. The van der Waals surface area contributed by atoms with Gasteiger partial charge >= 0.3 is 0 Å². The Morgan fingerprint density at radius 1 is 1.26 bits per heavy atom. The van der Waals surface area contributed by atoms with Crippen LogP contribution in [0.5, 0.6) is 11.5 Å². The molecule has 0 aliphatic carbocycles. The van der Waals surface area contributed by atoms with Gasteiger partial charge in [-0.25, -0.2) is 0 Å². The van der Waals surface area contributed by atoms with Gasteiger partial charge in [0.25, 0.3) is 11.8 Å². The Morgan fingerprint density at radius 3 is 2.70 bits per heavy atom. The van der Waals surface area contributed by atoms with Crippen LogP contribution in [0.15, 0.2) is 54.6 Å². The summed E-state index contributed by atoms with van der Waals surface area (Å²) in [6.45, 7) is 8.02. The topological polar surface area (TPSA) is 67.9 Å². The fourth-order valence-corrected chi connectivity index (χ4v) is 2.71. The van der Waals surface area contributed by atoms with Crippen LogP contribution in [0.25, 0.3) is 0 Å². The van der Waals surface area contributed by atoms with Crippen LogP contribution >= 0.6 is 0 Å². The van der Waals surface area contributed by atoms with Gasteiger partial charge in [0.05, 0.1) is 5.69 Å². The first kappa shape index (κ1) is 18.5. The largest absolute Gasteiger partial charge is 0.484 e. The summed E-state index contributed by atoms with van der Waals surface area (Å²) in [4.78, 5) is 25.8. The fourth-order valence-electron chi connectivity index (χ4n) is 2.71. The quantitative estimate of drug-likeness (QED) is 0.797. The van der Waals surface area contributed by atoms with Gasteiger partial charge in [-0.05, 0) is 38.1 Å². The van der Waals surface area contributed by atoms with Gasteiger partial charge in [0.2, 0.25) is 0 Å². The number of ether oxygens (including phenoxy) is 2. The number of nitrogens with zero attached hydrogens (tertiary/aromatic N) is 1. The zero-order valence-electron chi connectivity index (χ0n) is 15.5. The van der Waals surface area contributed by atoms with E-state index < -0.39 is 0 Å². The SMILES string of the molecule is C=C(C)CN1C(=O)COc2cc(NC(=O)COc3ccc(C)cc3)ccc21. The Balaban J connectivity index is 1.64. The van der Waals surface area contributed by atoms with Crippen LogP contribution < -0.4 is 19.7 Å². The Kier molecular flexibility index (Phi) is 5.45. The molecule has 0 aromatic heterocycles. The highest BCUT2D eigenvalue weighted by atomic mass is 16.5. The molecule has 0 radical (unpaired) electrons. The zero-order chi connectivity index (χ0) is 19.4. The summed E-state index contributed by atoms with van der Waals surface area (Å²) in [6.07, 6.45) is 0. The third kappa shape index (κ3) is 4.67. The molecule has 0 atom stereocenters. The van der Waals surface area contributed by atoms with E-state index >= 15 is 0 Å². The molecule has 6 heteroatoms. The van der Waals surface area contributed by atoms with Gasteiger partial charge in [-0.1, -0.05) is 29.8 Å². The van der Waals surface area contributed by atoms with Crippen LogP contribution in [0.3, 0.4) is 0 Å². The van der Waals surface area contributed by atoms with Crippen molar-refractivity contribution in [3.8, 4) is 11.5 Å². The van der Waals surface area contributed by atoms with E-state index in [0.717, 1.165) is 11.1 Å². The van der Waals surface area contributed by atoms with Crippen LogP contribution in [0, 0.1) is 6.92 Å². The van der Waals surface area contributed by atoms with Crippen molar-refractivity contribution in [3.05, 3.63) is 60.2 Å². The van der Waals surface area contributed by atoms with Crippen molar-refractivity contribution >= 4 is 23.2 Å². The monoisotopic (exact) mass is 366 g/mol. The summed E-state index contributed by atoms with van der Waals surface area (Å²) in [5.74, 6) is 0.793. The number of rotatable bonds is 6. The molecule has 2 aromatic rings. The first-order valence-corrected chi connectivity index (χ1v) is 8.63. The maximum Gasteiger partial charge on any atom is 0.265 e. The Labute approximate surface area is 158 Å². The van der Waals surface area contributed by atoms with Crippen LogP contribution in [0.4, 0.5) is 11.4 Å². The molecule has 0 spiro atoms. The molecule has 0 fully saturated rings. The first-order chi connectivity index (χ1) is 12.9. The van der Waals surface area contributed by atoms with Crippen molar-refractivity contribution in [2.75, 3.05) is 30.0 Å². The third-order valence-electron chi connectivity index (χ3n) is 4.01. The molecule has 27 heavy (non-hydrogen) atoms. The van der Waals surface area contributed by atoms with Crippen molar-refractivity contribution < 1.29 is 19.1 Å². The number of carbonyl (C=O) groups excluding carboxylic acids is 2. The maximum absolute atomic E-state index is 12.1. The molecular formula is C21H22N2O4. The number of nitrogens with one attached hydrogen (secondary N) is 1. The number of hydrogen-bond acceptors (Lipinski definition) is 4. The van der Waals surface area contributed by atoms with Gasteiger partial charge in [-0.15, -0.1) is 0 Å². The number of amides is 2. The predicted molar refractivity (Wildman–Crippen MR) is 104 cm³/mol. The second-order valence-corrected chi connectivity index (χ2v) is 6.56. The molecule has 0 bridgehead atoms. The lowest BCUT2D eigenvalue weighted by molar-refractivity contribution is -0.121. The highest BCUT2D eigenvalue weighted by molar-refractivity contribution is 5.99. The molecular weight excluding hydrogens is 344 g/mol. The van der Waals surface area contributed by atoms with Gasteiger partial charge in [0, 0.05) is 18.3 Å². The summed E-state index contributed by atoms with van der Waals surface area (Å²) in [6, 6.07) is 12.7. The lowest BCUT2D eigenvalue weighted by Gasteiger charge is -2.29. The van der Waals surface area contributed by atoms with Crippen molar-refractivity contribution in [3.63, 3.8) is 0 Å². The highest BCUT2D eigenvalue weighted by Gasteiger charge is 2.25. The predicted octanol–water partition coefficient (Wildman–Crippen LogP) is 3.31. The molecule has 2 amide bonds. The van der Waals surface area contributed by atoms with E-state index in [9.17, 15) is 9.59 Å². The number of anilines is 2. The molecule has 0 saturated carbocycles. The maximum atomic E-state index is 12.1. The van der Waals surface area contributed by atoms with E-state index in [1.807, 2.05) is 38.1 Å². The van der Waals surface area contributed by atoms with Crippen LogP contribution in [-0.4, -0.2) is 31.6 Å². The summed E-state index contributed by atoms with van der Waals surface area (Å²) < 4.78 is 11.0. The van der Waals surface area contributed by atoms with Crippen molar-refractivity contribution in [2.45, 2.75) is 13.8 Å². The summed E-state index contributed by atoms with van der Waals surface area (Å²) in [7, 11) is 0. The fraction of sp³-hybridized carbons (Fsp3) is 0.238. The smallest absolute Gasteiger partial charge is 0.265 e. The molecule has 140 valence electrons. The summed E-state index contributed by atoms with van der Waals surface area (Å²) in [5, 5.41) is 2.78. The van der Waals surface area contributed by atoms with E-state index in [4.69, 9.17) is 9.47 Å². The highest BCUT2D eigenvalue weighted by Crippen LogP contribution is 2.34. The first-order valence-electron chi connectivity index (χ1n) is 8.63. The molecule has 2 aromatic carbocycles. The average molecular weight is 366 g/mol. The second-order valence-electron chi connectivity index (χ2n) is 6.56. The van der Waals surface area contributed by atoms with Crippen molar-refractivity contribution in [1.29, 1.82) is 0 Å². The third-order valence-corrected chi connectivity index (χ3v) is 4.01. The van der Waals surface area contributed by atoms with Crippen LogP contribution in [0.2, 0.25) is 0 Å². The summed E-state index contributed by atoms with van der Waals surface area (Å²) in [5.41, 5.74) is 3.25. The molecule has 1 aliphatic heterocycles. The standard InChI is InChI=1S/C21H22N2O4/c1-14(2)11-23-18-9-6-16(10-19(18)27-13-21(23)25)22-20(24)12-26-17-7-4-15(3)5-8-17/h4-10H,1,11-13H2,2-3H3,(H,22,24). The Morgan fingerprint density at radius 2 is 2.00 bits per heavy atom. The number of benzene rings is 2. The van der Waals surface area contributed by atoms with Gasteiger partial charge in [-0.3, -0.25) is 9.59 Å². The van der Waals surface area contributed by atoms with Gasteiger partial charge in [-0.2, -0.15) is 0 Å². The van der Waals surface area contributed by atoms with Crippen LogP contribution in [-0.2, 0) is 9.59 Å². The molecule has 3 rings (SSSR count). The lowest BCUT2D eigenvalue weighted by Crippen LogP contribution is -2.39. The lowest BCUT2D eigenvalue weighted by atomic mass is 10.2. The average Bonchev–Trinajstić information content (AvgIpc) is 2.63. The number of carbonyl (C=O) groups is 2. The van der Waals surface area contributed by atoms with E-state index in [-0.39, 0.29) is 25.0 Å². The molecule has 0 unspecified atom stereocenters. The number of aryl methyl sites for hydroxylation is 1. The molecule has 6 nitrogen and oxygen atoms in total. The van der Waals surface area contributed by atoms with Gasteiger partial charge in [0.1, 0.15) is 11.5 Å². The van der Waals surface area contributed by atoms with E-state index in [1.54, 1.807) is 23.1 Å². The number of hydrogen-bond donors (Lipinski definition) is 1. The second kappa shape index (κ2) is 7.95. The van der Waals surface area contributed by atoms with Crippen LogP contribution in [0.1, 0.15) is 12.5 Å². The zero-order valence-corrected chi connectivity index (χ0v) is 15.5. The Hall–Kier alpha value is -3.28. The van der Waals surface area contributed by atoms with E-state index in [0.29, 0.717) is 29.4 Å². The number of fused-ring (bicyclic) bond motifs is 1. The minimum Gasteiger partial charge on any atom is -0.484 e. The normalized spacial score (nSPS) is 12.8. The summed E-state index contributed by atoms with van der Waals surface area (Å²) >= 11 is 0. The minimum atomic E-state index is -0.277. The van der Waals surface area contributed by atoms with Gasteiger partial charge < -0.3 is 19.7 Å². The van der Waals surface area contributed by atoms with E-state index in [2.05, 4.69) is 11.9 Å². The molecule has 1 heterocycles. The van der Waals surface area contributed by atoms with E-state index in [1.165, 1.54) is 0 Å². The molecule has 1 aliphatic rings. The molecule has 0 saturated heterocycles. The van der Waals surface area contributed by atoms with Crippen molar-refractivity contribution in [1.82, 2.24) is 0 Å². The Bertz CT molecular complexity index is 874. The van der Waals surface area contributed by atoms with Crippen molar-refractivity contribution in [2.24, 2.45) is 0 Å². The minimum absolute atomic E-state index is 0.0335. The van der Waals surface area contributed by atoms with Gasteiger partial charge in [0.15, 0.2) is 13.2 Å².